The van der Waals surface area contributed by atoms with Crippen LogP contribution in [0.4, 0.5) is 22.7 Å². The molecule has 0 fully saturated rings. The molecule has 7 aromatic rings. The van der Waals surface area contributed by atoms with Crippen LogP contribution in [0, 0.1) is 0 Å². The molecular weight excluding hydrogens is 547 g/mol. The maximum Gasteiger partial charge on any atom is 0.291 e. The van der Waals surface area contributed by atoms with E-state index in [1.165, 1.54) is 0 Å². The molecule has 1 N–H and O–H groups in total. The van der Waals surface area contributed by atoms with Gasteiger partial charge in [-0.05, 0) is 42.5 Å². The molecule has 0 saturated heterocycles. The Morgan fingerprint density at radius 3 is 1.62 bits per heavy atom. The average Bonchev–Trinajstić information content (AvgIpc) is 3.12. The van der Waals surface area contributed by atoms with Crippen molar-refractivity contribution in [2.75, 3.05) is 10.1 Å². The molecule has 213 valence electrons. The molecule has 0 aliphatic heterocycles. The van der Waals surface area contributed by atoms with Crippen LogP contribution >= 0.6 is 0 Å². The summed E-state index contributed by atoms with van der Waals surface area (Å²) in [5.41, 5.74) is 10.1. The normalized spacial score (nSPS) is 10.7. The minimum absolute atomic E-state index is 0.709. The van der Waals surface area contributed by atoms with Crippen LogP contribution in [0.3, 0.4) is 0 Å². The van der Waals surface area contributed by atoms with E-state index in [0.29, 0.717) is 5.82 Å². The van der Waals surface area contributed by atoms with Crippen LogP contribution in [-0.2, 0) is 0 Å². The molecule has 4 nitrogen and oxygen atoms in total. The van der Waals surface area contributed by atoms with Crippen LogP contribution in [-0.4, -0.2) is 17.4 Å². The van der Waals surface area contributed by atoms with E-state index in [2.05, 4.69) is 133 Å². The lowest BCUT2D eigenvalue weighted by Gasteiger charge is -2.27. The molecule has 5 heteroatoms. The zero-order valence-corrected chi connectivity index (χ0v) is 24.7. The van der Waals surface area contributed by atoms with Crippen LogP contribution in [0.2, 0.25) is 0 Å². The molecule has 1 aromatic heterocycles. The number of anilines is 4. The molecule has 0 aliphatic rings. The van der Waals surface area contributed by atoms with Crippen molar-refractivity contribution in [2.45, 2.75) is 0 Å². The highest BCUT2D eigenvalue weighted by atomic mass is 15.1. The summed E-state index contributed by atoms with van der Waals surface area (Å²) in [6.45, 7) is 0. The van der Waals surface area contributed by atoms with Crippen molar-refractivity contribution in [1.82, 2.24) is 9.97 Å². The number of aromatic nitrogens is 2. The number of nitrogens with zero attached hydrogens (tertiary/aromatic N) is 3. The zero-order chi connectivity index (χ0) is 30.3. The van der Waals surface area contributed by atoms with Gasteiger partial charge in [0.15, 0.2) is 5.82 Å². The molecular formula is C40H30BN4. The van der Waals surface area contributed by atoms with E-state index < -0.39 is 0 Å². The first-order valence-electron chi connectivity index (χ1n) is 15.0. The van der Waals surface area contributed by atoms with Crippen molar-refractivity contribution in [3.63, 3.8) is 0 Å². The molecule has 1 radical (unpaired) electrons. The number of para-hydroxylation sites is 4. The molecule has 0 aliphatic carbocycles. The Hall–Kier alpha value is -5.94. The van der Waals surface area contributed by atoms with Gasteiger partial charge in [-0.25, -0.2) is 9.97 Å². The van der Waals surface area contributed by atoms with E-state index >= 15 is 0 Å². The molecule has 0 spiro atoms. The highest BCUT2D eigenvalue weighted by Gasteiger charge is 2.17. The second-order valence-corrected chi connectivity index (χ2v) is 10.7. The summed E-state index contributed by atoms with van der Waals surface area (Å²) in [7, 11) is 2.18. The third-order valence-corrected chi connectivity index (χ3v) is 7.56. The number of benzene rings is 6. The van der Waals surface area contributed by atoms with E-state index in [9.17, 15) is 0 Å². The van der Waals surface area contributed by atoms with E-state index in [0.717, 1.165) is 56.3 Å². The average molecular weight is 578 g/mol. The second kappa shape index (κ2) is 13.1. The first-order valence-corrected chi connectivity index (χ1v) is 15.0. The van der Waals surface area contributed by atoms with Gasteiger partial charge in [0.1, 0.15) is 0 Å². The van der Waals surface area contributed by atoms with Gasteiger partial charge in [0, 0.05) is 28.1 Å². The van der Waals surface area contributed by atoms with Gasteiger partial charge in [0.05, 0.1) is 22.8 Å². The van der Waals surface area contributed by atoms with Crippen LogP contribution in [0.25, 0.3) is 33.9 Å². The van der Waals surface area contributed by atoms with Gasteiger partial charge in [-0.2, -0.15) is 0 Å². The van der Waals surface area contributed by atoms with Gasteiger partial charge in [-0.3, -0.25) is 0 Å². The van der Waals surface area contributed by atoms with Crippen molar-refractivity contribution in [2.24, 2.45) is 0 Å². The summed E-state index contributed by atoms with van der Waals surface area (Å²) in [5, 5.41) is 3.60. The summed E-state index contributed by atoms with van der Waals surface area (Å²) < 4.78 is 0. The second-order valence-electron chi connectivity index (χ2n) is 10.7. The maximum atomic E-state index is 5.00. The summed E-state index contributed by atoms with van der Waals surface area (Å²) >= 11 is 0. The first kappa shape index (κ1) is 27.9. The SMILES string of the molecule is [B](c1ccc(-c2cc(-c3ccccc3)nc(-c3ccccc3)n2)cc1)N(c1ccccc1)c1ccccc1Nc1ccccc1. The number of nitrogens with one attached hydrogen (secondary N) is 1. The van der Waals surface area contributed by atoms with Crippen molar-refractivity contribution in [3.8, 4) is 33.9 Å². The minimum atomic E-state index is 0.709. The fourth-order valence-electron chi connectivity index (χ4n) is 5.30. The topological polar surface area (TPSA) is 41.1 Å². The minimum Gasteiger partial charge on any atom is -0.384 e. The third-order valence-electron chi connectivity index (χ3n) is 7.56. The van der Waals surface area contributed by atoms with E-state index in [1.54, 1.807) is 0 Å². The quantitative estimate of drug-likeness (QED) is 0.174. The van der Waals surface area contributed by atoms with Gasteiger partial charge in [0.25, 0.3) is 7.41 Å². The molecule has 0 unspecified atom stereocenters. The number of hydrogen-bond donors (Lipinski definition) is 1. The Labute approximate surface area is 265 Å². The molecule has 6 aromatic carbocycles. The maximum absolute atomic E-state index is 5.00. The molecule has 1 heterocycles. The number of rotatable bonds is 9. The lowest BCUT2D eigenvalue weighted by Crippen LogP contribution is -2.32. The summed E-state index contributed by atoms with van der Waals surface area (Å²) in [5.74, 6) is 0.709. The molecule has 0 atom stereocenters. The lowest BCUT2D eigenvalue weighted by molar-refractivity contribution is 1.18. The lowest BCUT2D eigenvalue weighted by atomic mass is 9.78. The van der Waals surface area contributed by atoms with Gasteiger partial charge < -0.3 is 10.1 Å². The van der Waals surface area contributed by atoms with Crippen LogP contribution in [0.15, 0.2) is 176 Å². The predicted molar refractivity (Wildman–Crippen MR) is 188 cm³/mol. The molecule has 0 amide bonds. The standard InChI is InChI=1S/C40H30BN4/c1-5-15-30(16-6-1)37-29-38(44-40(43-37)32-17-7-2-8-18-32)31-25-27-33(28-26-31)41-45(35-21-11-4-12-22-35)39-24-14-13-23-36(39)42-34-19-9-3-10-20-34/h1-29,42H. The van der Waals surface area contributed by atoms with E-state index in [1.807, 2.05) is 60.7 Å². The van der Waals surface area contributed by atoms with Gasteiger partial charge in [0.2, 0.25) is 0 Å². The molecule has 45 heavy (non-hydrogen) atoms. The monoisotopic (exact) mass is 577 g/mol. The Bertz CT molecular complexity index is 1930. The summed E-state index contributed by atoms with van der Waals surface area (Å²) in [4.78, 5) is 12.2. The summed E-state index contributed by atoms with van der Waals surface area (Å²) in [6, 6.07) is 60.1. The Morgan fingerprint density at radius 2 is 0.978 bits per heavy atom. The zero-order valence-electron chi connectivity index (χ0n) is 24.7. The van der Waals surface area contributed by atoms with Crippen LogP contribution in [0.5, 0.6) is 0 Å². The fraction of sp³-hybridized carbons (Fsp3) is 0. The largest absolute Gasteiger partial charge is 0.384 e. The predicted octanol–water partition coefficient (Wildman–Crippen LogP) is 9.30. The highest BCUT2D eigenvalue weighted by Crippen LogP contribution is 2.33. The molecule has 0 saturated carbocycles. The Morgan fingerprint density at radius 1 is 0.467 bits per heavy atom. The molecule has 0 bridgehead atoms. The Balaban J connectivity index is 1.23. The van der Waals surface area contributed by atoms with Crippen molar-refractivity contribution in [1.29, 1.82) is 0 Å². The highest BCUT2D eigenvalue weighted by molar-refractivity contribution is 6.59. The number of hydrogen-bond acceptors (Lipinski definition) is 4. The third kappa shape index (κ3) is 6.53. The Kier molecular flexibility index (Phi) is 8.14. The first-order chi connectivity index (χ1) is 22.3. The van der Waals surface area contributed by atoms with Crippen molar-refractivity contribution < 1.29 is 0 Å². The van der Waals surface area contributed by atoms with E-state index in [-0.39, 0.29) is 0 Å². The van der Waals surface area contributed by atoms with Gasteiger partial charge in [-0.1, -0.05) is 139 Å². The van der Waals surface area contributed by atoms with Gasteiger partial charge >= 0.3 is 0 Å². The van der Waals surface area contributed by atoms with Crippen LogP contribution in [0.1, 0.15) is 0 Å². The van der Waals surface area contributed by atoms with Crippen molar-refractivity contribution >= 4 is 35.6 Å². The van der Waals surface area contributed by atoms with E-state index in [4.69, 9.17) is 9.97 Å². The fourth-order valence-corrected chi connectivity index (χ4v) is 5.30. The molecule has 7 rings (SSSR count). The summed E-state index contributed by atoms with van der Waals surface area (Å²) in [6.07, 6.45) is 0. The van der Waals surface area contributed by atoms with Gasteiger partial charge in [-0.15, -0.1) is 0 Å². The van der Waals surface area contributed by atoms with Crippen molar-refractivity contribution in [3.05, 3.63) is 176 Å². The smallest absolute Gasteiger partial charge is 0.291 e. The van der Waals surface area contributed by atoms with Crippen LogP contribution < -0.4 is 15.6 Å².